The second-order valence-electron chi connectivity index (χ2n) is 6.95. The van der Waals surface area contributed by atoms with E-state index >= 15 is 0 Å². The number of benzene rings is 2. The zero-order valence-electron chi connectivity index (χ0n) is 15.6. The van der Waals surface area contributed by atoms with Crippen molar-refractivity contribution in [2.45, 2.75) is 12.5 Å². The van der Waals surface area contributed by atoms with Crippen LogP contribution in [0, 0.1) is 17.1 Å². The van der Waals surface area contributed by atoms with Gasteiger partial charge in [0, 0.05) is 10.0 Å². The molecule has 31 heavy (non-hydrogen) atoms. The van der Waals surface area contributed by atoms with Gasteiger partial charge in [-0.2, -0.15) is 5.26 Å². The molecule has 2 aromatic rings. The Hall–Kier alpha value is -2.61. The molecule has 2 aromatic carbocycles. The second-order valence-corrected chi connectivity index (χ2v) is 8.21. The van der Waals surface area contributed by atoms with Crippen LogP contribution in [-0.4, -0.2) is 49.0 Å². The molecule has 0 aromatic heterocycles. The summed E-state index contributed by atoms with van der Waals surface area (Å²) in [5.74, 6) is -1.09. The van der Waals surface area contributed by atoms with Crippen LogP contribution in [0.1, 0.15) is 21.5 Å². The minimum atomic E-state index is -2.69. The van der Waals surface area contributed by atoms with E-state index in [9.17, 15) is 28.3 Å². The van der Waals surface area contributed by atoms with Gasteiger partial charge in [0.25, 0.3) is 6.43 Å². The molecule has 1 unspecified atom stereocenters. The molecule has 11 heteroatoms. The molecule has 160 valence electrons. The molecule has 1 atom stereocenters. The van der Waals surface area contributed by atoms with Gasteiger partial charge in [-0.15, -0.1) is 0 Å². The van der Waals surface area contributed by atoms with E-state index in [-0.39, 0.29) is 56.6 Å². The first-order chi connectivity index (χ1) is 14.7. The van der Waals surface area contributed by atoms with Gasteiger partial charge < -0.3 is 14.9 Å². The summed E-state index contributed by atoms with van der Waals surface area (Å²) in [5.41, 5.74) is 0.306. The average molecular weight is 514 g/mol. The third-order valence-corrected chi connectivity index (χ3v) is 5.89. The van der Waals surface area contributed by atoms with Crippen molar-refractivity contribution in [1.82, 2.24) is 0 Å². The molecule has 0 saturated heterocycles. The Balaban J connectivity index is 1.93. The van der Waals surface area contributed by atoms with Crippen LogP contribution in [0.15, 0.2) is 33.7 Å². The Bertz CT molecular complexity index is 1170. The van der Waals surface area contributed by atoms with Gasteiger partial charge in [0.15, 0.2) is 5.78 Å². The van der Waals surface area contributed by atoms with E-state index in [0.29, 0.717) is 0 Å². The number of aliphatic imine (C=N–C) groups is 1. The van der Waals surface area contributed by atoms with E-state index in [1.54, 1.807) is 0 Å². The number of alkyl halides is 2. The predicted molar refractivity (Wildman–Crippen MR) is 113 cm³/mol. The molecular weight excluding hydrogens is 501 g/mol. The molecule has 0 radical (unpaired) electrons. The Morgan fingerprint density at radius 3 is 2.81 bits per heavy atom. The van der Waals surface area contributed by atoms with Crippen molar-refractivity contribution in [1.29, 1.82) is 5.26 Å². The van der Waals surface area contributed by atoms with Gasteiger partial charge in [0.05, 0.1) is 53.3 Å². The van der Waals surface area contributed by atoms with Gasteiger partial charge in [0.2, 0.25) is 5.96 Å². The first kappa shape index (κ1) is 21.6. The normalized spacial score (nSPS) is 17.4. The van der Waals surface area contributed by atoms with Crippen LogP contribution in [-0.2, 0) is 0 Å². The molecule has 2 aliphatic heterocycles. The van der Waals surface area contributed by atoms with Crippen molar-refractivity contribution in [3.8, 4) is 6.07 Å². The monoisotopic (exact) mass is 512 g/mol. The summed E-state index contributed by atoms with van der Waals surface area (Å²) in [6.45, 7) is -0.626. The van der Waals surface area contributed by atoms with Crippen molar-refractivity contribution < 1.29 is 23.1 Å². The Labute approximate surface area is 188 Å². The fourth-order valence-electron chi connectivity index (χ4n) is 3.72. The van der Waals surface area contributed by atoms with E-state index in [2.05, 4.69) is 20.9 Å². The predicted octanol–water partition coefficient (Wildman–Crippen LogP) is 3.97. The fourth-order valence-corrected chi connectivity index (χ4v) is 4.56. The molecule has 0 fully saturated rings. The van der Waals surface area contributed by atoms with Gasteiger partial charge in [-0.05, 0) is 40.2 Å². The molecule has 4 rings (SSSR count). The van der Waals surface area contributed by atoms with Crippen molar-refractivity contribution in [2.75, 3.05) is 29.4 Å². The van der Waals surface area contributed by atoms with E-state index in [0.717, 1.165) is 12.1 Å². The molecule has 1 N–H and O–H groups in total. The number of aliphatic hydroxyl groups is 1. The van der Waals surface area contributed by atoms with Gasteiger partial charge >= 0.3 is 0 Å². The Morgan fingerprint density at radius 2 is 2.16 bits per heavy atom. The van der Waals surface area contributed by atoms with E-state index in [1.165, 1.54) is 21.9 Å². The first-order valence-electron chi connectivity index (χ1n) is 9.05. The highest BCUT2D eigenvalue weighted by Gasteiger charge is 2.41. The third-order valence-electron chi connectivity index (χ3n) is 4.95. The van der Waals surface area contributed by atoms with E-state index < -0.39 is 30.7 Å². The van der Waals surface area contributed by atoms with Gasteiger partial charge in [-0.3, -0.25) is 4.79 Å². The van der Waals surface area contributed by atoms with Gasteiger partial charge in [-0.1, -0.05) is 11.6 Å². The molecule has 0 saturated carbocycles. The quantitative estimate of drug-likeness (QED) is 0.626. The molecule has 2 aliphatic rings. The number of carbonyl (C=O) groups excluding carboxylic acids is 1. The lowest BCUT2D eigenvalue weighted by atomic mass is 9.96. The summed E-state index contributed by atoms with van der Waals surface area (Å²) in [6, 6.07) is 6.70. The highest BCUT2D eigenvalue weighted by Crippen LogP contribution is 2.46. The van der Waals surface area contributed by atoms with Crippen LogP contribution in [0.5, 0.6) is 0 Å². The Morgan fingerprint density at radius 1 is 1.42 bits per heavy atom. The largest absolute Gasteiger partial charge is 0.389 e. The molecule has 0 amide bonds. The maximum Gasteiger partial charge on any atom is 0.256 e. The number of nitrogens with zero attached hydrogens (tertiary/aromatic N) is 4. The standard InChI is InChI=1S/C20H13BrClF3N4O2/c21-13-4-15-18(29-7-10(30)6-27-20(29)28(15)8-16(24)25)12(5-26)17(13)19(31)11-2-1-9(23)3-14(11)22/h1-4,10,16,30H,6-8H2. The summed E-state index contributed by atoms with van der Waals surface area (Å²) in [4.78, 5) is 20.2. The molecule has 0 bridgehead atoms. The van der Waals surface area contributed by atoms with E-state index in [1.807, 2.05) is 6.07 Å². The van der Waals surface area contributed by atoms with Crippen LogP contribution >= 0.6 is 27.5 Å². The molecule has 0 aliphatic carbocycles. The number of guanidine groups is 1. The third kappa shape index (κ3) is 3.67. The molecule has 0 spiro atoms. The number of rotatable bonds is 4. The van der Waals surface area contributed by atoms with Crippen molar-refractivity contribution in [3.05, 3.63) is 56.3 Å². The topological polar surface area (TPSA) is 79.9 Å². The number of aliphatic hydroxyl groups excluding tert-OH is 1. The Kier molecular flexibility index (Phi) is 5.68. The van der Waals surface area contributed by atoms with Crippen LogP contribution in [0.3, 0.4) is 0 Å². The fraction of sp³-hybridized carbons (Fsp3) is 0.250. The van der Waals surface area contributed by atoms with Crippen LogP contribution in [0.4, 0.5) is 24.5 Å². The number of anilines is 2. The average Bonchev–Trinajstić information content (AvgIpc) is 2.98. The number of hydrogen-bond acceptors (Lipinski definition) is 6. The number of fused-ring (bicyclic) bond motifs is 3. The highest BCUT2D eigenvalue weighted by atomic mass is 79.9. The summed E-state index contributed by atoms with van der Waals surface area (Å²) >= 11 is 9.31. The summed E-state index contributed by atoms with van der Waals surface area (Å²) in [6.07, 6.45) is -3.56. The lowest BCUT2D eigenvalue weighted by molar-refractivity contribution is 0.103. The molecular formula is C20H13BrClF3N4O2. The summed E-state index contributed by atoms with van der Waals surface area (Å²) in [7, 11) is 0. The minimum Gasteiger partial charge on any atom is -0.389 e. The zero-order valence-corrected chi connectivity index (χ0v) is 18.0. The molecule has 2 heterocycles. The van der Waals surface area contributed by atoms with Crippen molar-refractivity contribution in [3.63, 3.8) is 0 Å². The number of carbonyl (C=O) groups is 1. The lowest BCUT2D eigenvalue weighted by Gasteiger charge is -2.29. The number of hydrogen-bond donors (Lipinski definition) is 1. The van der Waals surface area contributed by atoms with Crippen LogP contribution in [0.25, 0.3) is 0 Å². The van der Waals surface area contributed by atoms with Crippen molar-refractivity contribution >= 4 is 50.6 Å². The maximum atomic E-state index is 13.4. The highest BCUT2D eigenvalue weighted by molar-refractivity contribution is 9.10. The second kappa shape index (κ2) is 8.15. The van der Waals surface area contributed by atoms with Gasteiger partial charge in [-0.25, -0.2) is 18.2 Å². The maximum absolute atomic E-state index is 13.4. The SMILES string of the molecule is N#Cc1c(C(=O)c2ccc(F)cc2Cl)c(Br)cc2c1N1CC(O)CN=C1N2CC(F)F. The van der Waals surface area contributed by atoms with Crippen molar-refractivity contribution in [2.24, 2.45) is 4.99 Å². The smallest absolute Gasteiger partial charge is 0.256 e. The number of nitriles is 1. The first-order valence-corrected chi connectivity index (χ1v) is 10.2. The summed E-state index contributed by atoms with van der Waals surface area (Å²) in [5, 5.41) is 19.9. The van der Waals surface area contributed by atoms with Gasteiger partial charge in [0.1, 0.15) is 11.9 Å². The zero-order chi connectivity index (χ0) is 22.4. The summed E-state index contributed by atoms with van der Waals surface area (Å²) < 4.78 is 40.1. The number of ketones is 1. The van der Waals surface area contributed by atoms with Crippen LogP contribution in [0.2, 0.25) is 5.02 Å². The van der Waals surface area contributed by atoms with Crippen LogP contribution < -0.4 is 9.80 Å². The minimum absolute atomic E-state index is 0.0183. The number of halogens is 5. The lowest BCUT2D eigenvalue weighted by Crippen LogP contribution is -2.48. The van der Waals surface area contributed by atoms with E-state index in [4.69, 9.17) is 11.6 Å². The molecule has 6 nitrogen and oxygen atoms in total.